The molecule has 0 heterocycles. The third-order valence-corrected chi connectivity index (χ3v) is 4.53. The number of aliphatic hydroxyl groups is 1. The predicted molar refractivity (Wildman–Crippen MR) is 89.2 cm³/mol. The van der Waals surface area contributed by atoms with E-state index in [9.17, 15) is 10.2 Å². The molecule has 1 aliphatic rings. The summed E-state index contributed by atoms with van der Waals surface area (Å²) in [4.78, 5) is 0. The molecule has 0 fully saturated rings. The molecule has 2 atom stereocenters. The monoisotopic (exact) mass is 302 g/mol. The number of aromatic hydroxyl groups is 2. The lowest BCUT2D eigenvalue weighted by atomic mass is 9.73. The first kappa shape index (κ1) is 16.6. The molecule has 120 valence electrons. The van der Waals surface area contributed by atoms with Gasteiger partial charge in [0.05, 0.1) is 0 Å². The van der Waals surface area contributed by atoms with Gasteiger partial charge >= 0.3 is 0 Å². The summed E-state index contributed by atoms with van der Waals surface area (Å²) < 4.78 is 0. The topological polar surface area (TPSA) is 60.7 Å². The number of hydrogen-bond donors (Lipinski definition) is 3. The average molecular weight is 302 g/mol. The van der Waals surface area contributed by atoms with E-state index in [0.29, 0.717) is 18.4 Å². The Kier molecular flexibility index (Phi) is 5.30. The number of rotatable bonds is 5. The predicted octanol–water partition coefficient (Wildman–Crippen LogP) is 4.04. The van der Waals surface area contributed by atoms with Crippen LogP contribution in [0.1, 0.15) is 50.2 Å². The molecule has 0 aliphatic heterocycles. The standard InChI is InChI=1S/C19H26O3/c1-12(2)15-7-6-13(3)9-16(15)19-17(21)10-14(5-4-8-20)11-18(19)22/h9-11,15-16,20-22H,1,4-8H2,2-3H3/t15-,16+/m0/s1. The summed E-state index contributed by atoms with van der Waals surface area (Å²) in [5, 5.41) is 29.8. The maximum absolute atomic E-state index is 10.4. The van der Waals surface area contributed by atoms with Gasteiger partial charge in [0.25, 0.3) is 0 Å². The fourth-order valence-corrected chi connectivity index (χ4v) is 3.35. The molecule has 1 aromatic carbocycles. The third kappa shape index (κ3) is 3.53. The van der Waals surface area contributed by atoms with Crippen LogP contribution in [0.15, 0.2) is 35.9 Å². The van der Waals surface area contributed by atoms with Crippen molar-refractivity contribution in [3.63, 3.8) is 0 Å². The van der Waals surface area contributed by atoms with E-state index in [4.69, 9.17) is 5.11 Å². The van der Waals surface area contributed by atoms with Crippen molar-refractivity contribution < 1.29 is 15.3 Å². The van der Waals surface area contributed by atoms with Gasteiger partial charge in [-0.05, 0) is 63.1 Å². The van der Waals surface area contributed by atoms with Gasteiger partial charge in [-0.2, -0.15) is 0 Å². The highest BCUT2D eigenvalue weighted by atomic mass is 16.3. The molecule has 0 saturated carbocycles. The molecule has 0 radical (unpaired) electrons. The van der Waals surface area contributed by atoms with Gasteiger partial charge in [-0.1, -0.05) is 23.8 Å². The second-order valence-corrected chi connectivity index (χ2v) is 6.41. The molecule has 0 spiro atoms. The Morgan fingerprint density at radius 3 is 2.45 bits per heavy atom. The first-order valence-electron chi connectivity index (χ1n) is 7.92. The number of aliphatic hydroxyl groups excluding tert-OH is 1. The van der Waals surface area contributed by atoms with Crippen LogP contribution in [0, 0.1) is 5.92 Å². The van der Waals surface area contributed by atoms with Crippen molar-refractivity contribution in [2.75, 3.05) is 6.61 Å². The number of hydrogen-bond acceptors (Lipinski definition) is 3. The van der Waals surface area contributed by atoms with Crippen LogP contribution in [-0.2, 0) is 6.42 Å². The first-order chi connectivity index (χ1) is 10.4. The second-order valence-electron chi connectivity index (χ2n) is 6.41. The molecule has 2 rings (SSSR count). The molecule has 3 heteroatoms. The number of benzene rings is 1. The molecule has 0 saturated heterocycles. The average Bonchev–Trinajstić information content (AvgIpc) is 2.44. The molecule has 1 aliphatic carbocycles. The Bertz CT molecular complexity index is 563. The van der Waals surface area contributed by atoms with Crippen molar-refractivity contribution in [1.29, 1.82) is 0 Å². The summed E-state index contributed by atoms with van der Waals surface area (Å²) in [5.74, 6) is 0.479. The van der Waals surface area contributed by atoms with E-state index in [1.165, 1.54) is 5.57 Å². The molecule has 0 bridgehead atoms. The Hall–Kier alpha value is -1.74. The SMILES string of the molecule is C=C(C)[C@@H]1CCC(C)=C[C@H]1c1c(O)cc(CCCO)cc1O. The Labute approximate surface area is 132 Å². The van der Waals surface area contributed by atoms with Crippen LogP contribution < -0.4 is 0 Å². The van der Waals surface area contributed by atoms with E-state index < -0.39 is 0 Å². The van der Waals surface area contributed by atoms with Crippen LogP contribution in [0.5, 0.6) is 11.5 Å². The minimum absolute atomic E-state index is 0.0295. The number of allylic oxidation sites excluding steroid dienone is 3. The molecule has 3 N–H and O–H groups in total. The third-order valence-electron chi connectivity index (χ3n) is 4.53. The van der Waals surface area contributed by atoms with E-state index in [-0.39, 0.29) is 29.9 Å². The van der Waals surface area contributed by atoms with Gasteiger partial charge in [-0.3, -0.25) is 0 Å². The highest BCUT2D eigenvalue weighted by molar-refractivity contribution is 5.51. The van der Waals surface area contributed by atoms with Crippen LogP contribution >= 0.6 is 0 Å². The Morgan fingerprint density at radius 2 is 1.91 bits per heavy atom. The Balaban J connectivity index is 2.41. The zero-order valence-corrected chi connectivity index (χ0v) is 13.5. The number of aryl methyl sites for hydroxylation is 1. The molecular weight excluding hydrogens is 276 g/mol. The van der Waals surface area contributed by atoms with Crippen molar-refractivity contribution in [2.24, 2.45) is 5.92 Å². The van der Waals surface area contributed by atoms with Gasteiger partial charge in [0.15, 0.2) is 0 Å². The van der Waals surface area contributed by atoms with E-state index in [1.807, 2.05) is 6.92 Å². The van der Waals surface area contributed by atoms with Crippen LogP contribution in [0.3, 0.4) is 0 Å². The van der Waals surface area contributed by atoms with Gasteiger partial charge in [0.2, 0.25) is 0 Å². The summed E-state index contributed by atoms with van der Waals surface area (Å²) in [6, 6.07) is 3.41. The van der Waals surface area contributed by atoms with Gasteiger partial charge in [0.1, 0.15) is 11.5 Å². The Morgan fingerprint density at radius 1 is 1.27 bits per heavy atom. The summed E-state index contributed by atoms with van der Waals surface area (Å²) in [5.41, 5.74) is 3.80. The van der Waals surface area contributed by atoms with Crippen LogP contribution in [0.25, 0.3) is 0 Å². The lowest BCUT2D eigenvalue weighted by Gasteiger charge is -2.31. The fraction of sp³-hybridized carbons (Fsp3) is 0.474. The van der Waals surface area contributed by atoms with Crippen molar-refractivity contribution >= 4 is 0 Å². The lowest BCUT2D eigenvalue weighted by Crippen LogP contribution is -2.17. The quantitative estimate of drug-likeness (QED) is 0.719. The summed E-state index contributed by atoms with van der Waals surface area (Å²) in [6.07, 6.45) is 5.43. The molecule has 1 aromatic rings. The number of phenolic OH excluding ortho intramolecular Hbond substituents is 2. The molecule has 0 aromatic heterocycles. The van der Waals surface area contributed by atoms with Gasteiger partial charge < -0.3 is 15.3 Å². The lowest BCUT2D eigenvalue weighted by molar-refractivity contribution is 0.288. The van der Waals surface area contributed by atoms with E-state index in [2.05, 4.69) is 19.6 Å². The van der Waals surface area contributed by atoms with Crippen molar-refractivity contribution in [1.82, 2.24) is 0 Å². The second kappa shape index (κ2) is 7.01. The summed E-state index contributed by atoms with van der Waals surface area (Å²) in [6.45, 7) is 8.28. The van der Waals surface area contributed by atoms with E-state index in [0.717, 1.165) is 24.0 Å². The smallest absolute Gasteiger partial charge is 0.123 e. The fourth-order valence-electron chi connectivity index (χ4n) is 3.35. The zero-order chi connectivity index (χ0) is 16.3. The van der Waals surface area contributed by atoms with E-state index in [1.54, 1.807) is 12.1 Å². The van der Waals surface area contributed by atoms with Crippen molar-refractivity contribution in [2.45, 2.75) is 45.4 Å². The van der Waals surface area contributed by atoms with Gasteiger partial charge in [-0.15, -0.1) is 0 Å². The van der Waals surface area contributed by atoms with Crippen molar-refractivity contribution in [3.05, 3.63) is 47.1 Å². The summed E-state index contributed by atoms with van der Waals surface area (Å²) in [7, 11) is 0. The minimum Gasteiger partial charge on any atom is -0.507 e. The highest BCUT2D eigenvalue weighted by Gasteiger charge is 2.29. The van der Waals surface area contributed by atoms with Crippen LogP contribution in [0.2, 0.25) is 0 Å². The minimum atomic E-state index is -0.0295. The molecule has 3 nitrogen and oxygen atoms in total. The zero-order valence-electron chi connectivity index (χ0n) is 13.5. The maximum atomic E-state index is 10.4. The maximum Gasteiger partial charge on any atom is 0.123 e. The van der Waals surface area contributed by atoms with Crippen molar-refractivity contribution in [3.8, 4) is 11.5 Å². The van der Waals surface area contributed by atoms with Gasteiger partial charge in [0, 0.05) is 18.1 Å². The molecule has 0 amide bonds. The highest BCUT2D eigenvalue weighted by Crippen LogP contribution is 2.46. The van der Waals surface area contributed by atoms with Crippen LogP contribution in [-0.4, -0.2) is 21.9 Å². The molecule has 0 unspecified atom stereocenters. The summed E-state index contributed by atoms with van der Waals surface area (Å²) >= 11 is 0. The van der Waals surface area contributed by atoms with Gasteiger partial charge in [-0.25, -0.2) is 0 Å². The van der Waals surface area contributed by atoms with Crippen LogP contribution in [0.4, 0.5) is 0 Å². The largest absolute Gasteiger partial charge is 0.507 e. The normalized spacial score (nSPS) is 21.5. The number of phenols is 2. The first-order valence-corrected chi connectivity index (χ1v) is 7.92. The van der Waals surface area contributed by atoms with E-state index >= 15 is 0 Å². The molecule has 22 heavy (non-hydrogen) atoms. The molecular formula is C19H26O3.